The summed E-state index contributed by atoms with van der Waals surface area (Å²) < 4.78 is 9.71. The number of aryl methyl sites for hydroxylation is 2. The SMILES string of the molecule is Cc1ccc(COc2ccn(-c3ccc4c5c(n(C)c4c3)CCNCC5)c(=O)c2)nc1. The van der Waals surface area contributed by atoms with E-state index in [4.69, 9.17) is 4.74 Å². The molecule has 31 heavy (non-hydrogen) atoms. The van der Waals surface area contributed by atoms with E-state index in [0.29, 0.717) is 12.4 Å². The predicted molar refractivity (Wildman–Crippen MR) is 122 cm³/mol. The normalized spacial score (nSPS) is 13.7. The molecule has 0 saturated heterocycles. The molecule has 1 aromatic carbocycles. The van der Waals surface area contributed by atoms with E-state index in [9.17, 15) is 4.79 Å². The number of hydrogen-bond acceptors (Lipinski definition) is 4. The second-order valence-corrected chi connectivity index (χ2v) is 8.12. The summed E-state index contributed by atoms with van der Waals surface area (Å²) in [6, 6.07) is 13.6. The molecule has 6 nitrogen and oxygen atoms in total. The maximum absolute atomic E-state index is 12.8. The van der Waals surface area contributed by atoms with E-state index in [-0.39, 0.29) is 5.56 Å². The van der Waals surface area contributed by atoms with Gasteiger partial charge in [-0.15, -0.1) is 0 Å². The standard InChI is InChI=1S/C25H26N4O2/c1-17-3-4-18(27-15-17)16-31-20-9-12-29(25(30)14-20)19-5-6-21-22-7-10-26-11-8-23(22)28(2)24(21)13-19/h3-6,9,12-15,26H,7-8,10-11,16H2,1-2H3. The van der Waals surface area contributed by atoms with E-state index in [1.807, 2.05) is 37.4 Å². The Bertz CT molecular complexity index is 1300. The molecule has 0 bridgehead atoms. The van der Waals surface area contributed by atoms with Crippen molar-refractivity contribution in [1.29, 1.82) is 0 Å². The Morgan fingerprint density at radius 2 is 1.97 bits per heavy atom. The lowest BCUT2D eigenvalue weighted by Crippen LogP contribution is -2.17. The molecule has 5 rings (SSSR count). The van der Waals surface area contributed by atoms with E-state index in [0.717, 1.165) is 42.9 Å². The maximum Gasteiger partial charge on any atom is 0.258 e. The third-order valence-electron chi connectivity index (χ3n) is 6.04. The molecule has 1 aliphatic rings. The van der Waals surface area contributed by atoms with Crippen LogP contribution in [0, 0.1) is 6.92 Å². The van der Waals surface area contributed by atoms with Crippen molar-refractivity contribution in [2.24, 2.45) is 7.05 Å². The number of nitrogens with zero attached hydrogens (tertiary/aromatic N) is 3. The van der Waals surface area contributed by atoms with Crippen molar-refractivity contribution in [1.82, 2.24) is 19.4 Å². The molecule has 0 fully saturated rings. The van der Waals surface area contributed by atoms with Gasteiger partial charge in [0, 0.05) is 49.6 Å². The van der Waals surface area contributed by atoms with Crippen LogP contribution >= 0.6 is 0 Å². The molecule has 0 saturated carbocycles. The molecule has 4 aromatic rings. The van der Waals surface area contributed by atoms with E-state index >= 15 is 0 Å². The Hall–Kier alpha value is -3.38. The van der Waals surface area contributed by atoms with Crippen molar-refractivity contribution in [2.45, 2.75) is 26.4 Å². The molecular formula is C25H26N4O2. The first-order chi connectivity index (χ1) is 15.1. The van der Waals surface area contributed by atoms with Crippen molar-refractivity contribution in [3.8, 4) is 11.4 Å². The van der Waals surface area contributed by atoms with Crippen molar-refractivity contribution in [2.75, 3.05) is 13.1 Å². The number of hydrogen-bond donors (Lipinski definition) is 1. The number of ether oxygens (including phenoxy) is 1. The first kappa shape index (κ1) is 19.6. The number of aromatic nitrogens is 3. The molecule has 0 atom stereocenters. The quantitative estimate of drug-likeness (QED) is 0.557. The second-order valence-electron chi connectivity index (χ2n) is 8.12. The summed E-state index contributed by atoms with van der Waals surface area (Å²) in [5, 5.41) is 4.75. The molecule has 0 unspecified atom stereocenters. The van der Waals surface area contributed by atoms with Crippen LogP contribution < -0.4 is 15.6 Å². The summed E-state index contributed by atoms with van der Waals surface area (Å²) in [5.41, 5.74) is 6.66. The maximum atomic E-state index is 12.8. The van der Waals surface area contributed by atoms with Gasteiger partial charge in [-0.25, -0.2) is 0 Å². The van der Waals surface area contributed by atoms with Gasteiger partial charge in [0.05, 0.1) is 16.9 Å². The van der Waals surface area contributed by atoms with Crippen LogP contribution in [0.3, 0.4) is 0 Å². The van der Waals surface area contributed by atoms with Gasteiger partial charge >= 0.3 is 0 Å². The van der Waals surface area contributed by atoms with Gasteiger partial charge in [0.15, 0.2) is 0 Å². The number of pyridine rings is 2. The molecule has 158 valence electrons. The van der Waals surface area contributed by atoms with Gasteiger partial charge in [0.2, 0.25) is 0 Å². The van der Waals surface area contributed by atoms with Crippen LogP contribution in [-0.2, 0) is 26.5 Å². The summed E-state index contributed by atoms with van der Waals surface area (Å²) in [4.78, 5) is 17.1. The van der Waals surface area contributed by atoms with Gasteiger partial charge < -0.3 is 14.6 Å². The summed E-state index contributed by atoms with van der Waals surface area (Å²) in [6.07, 6.45) is 5.65. The number of nitrogens with one attached hydrogen (secondary N) is 1. The van der Waals surface area contributed by atoms with Crippen LogP contribution in [-0.4, -0.2) is 27.2 Å². The van der Waals surface area contributed by atoms with E-state index in [1.54, 1.807) is 10.8 Å². The summed E-state index contributed by atoms with van der Waals surface area (Å²) in [6.45, 7) is 4.34. The minimum absolute atomic E-state index is 0.117. The fourth-order valence-electron chi connectivity index (χ4n) is 4.35. The molecular weight excluding hydrogens is 388 g/mol. The first-order valence-electron chi connectivity index (χ1n) is 10.7. The highest BCUT2D eigenvalue weighted by molar-refractivity contribution is 5.87. The Morgan fingerprint density at radius 1 is 1.10 bits per heavy atom. The average molecular weight is 415 g/mol. The van der Waals surface area contributed by atoms with Crippen molar-refractivity contribution in [3.05, 3.63) is 87.7 Å². The molecule has 0 aliphatic carbocycles. The number of fused-ring (bicyclic) bond motifs is 3. The van der Waals surface area contributed by atoms with Crippen molar-refractivity contribution < 1.29 is 4.74 Å². The predicted octanol–water partition coefficient (Wildman–Crippen LogP) is 3.30. The molecule has 1 N–H and O–H groups in total. The zero-order valence-electron chi connectivity index (χ0n) is 17.9. The Morgan fingerprint density at radius 3 is 2.77 bits per heavy atom. The highest BCUT2D eigenvalue weighted by Crippen LogP contribution is 2.29. The van der Waals surface area contributed by atoms with E-state index in [2.05, 4.69) is 34.0 Å². The fourth-order valence-corrected chi connectivity index (χ4v) is 4.35. The Kier molecular flexibility index (Phi) is 5.08. The van der Waals surface area contributed by atoms with Gasteiger partial charge in [-0.2, -0.15) is 0 Å². The highest BCUT2D eigenvalue weighted by Gasteiger charge is 2.17. The minimum Gasteiger partial charge on any atom is -0.487 e. The molecule has 0 amide bonds. The fraction of sp³-hybridized carbons (Fsp3) is 0.280. The van der Waals surface area contributed by atoms with Crippen LogP contribution in [0.15, 0.2) is 59.7 Å². The van der Waals surface area contributed by atoms with Crippen LogP contribution in [0.5, 0.6) is 5.75 Å². The van der Waals surface area contributed by atoms with Crippen LogP contribution in [0.1, 0.15) is 22.5 Å². The van der Waals surface area contributed by atoms with Crippen LogP contribution in [0.2, 0.25) is 0 Å². The van der Waals surface area contributed by atoms with Gasteiger partial charge in [-0.05, 0) is 55.3 Å². The Balaban J connectivity index is 1.42. The van der Waals surface area contributed by atoms with Crippen LogP contribution in [0.25, 0.3) is 16.6 Å². The lowest BCUT2D eigenvalue weighted by atomic mass is 10.1. The topological polar surface area (TPSA) is 61.1 Å². The second kappa shape index (κ2) is 8.04. The third kappa shape index (κ3) is 3.75. The summed E-state index contributed by atoms with van der Waals surface area (Å²) >= 11 is 0. The minimum atomic E-state index is -0.117. The zero-order valence-corrected chi connectivity index (χ0v) is 17.9. The summed E-state index contributed by atoms with van der Waals surface area (Å²) in [5.74, 6) is 0.544. The van der Waals surface area contributed by atoms with Gasteiger partial charge in [-0.3, -0.25) is 14.3 Å². The lowest BCUT2D eigenvalue weighted by Gasteiger charge is -2.10. The highest BCUT2D eigenvalue weighted by atomic mass is 16.5. The number of benzene rings is 1. The summed E-state index contributed by atoms with van der Waals surface area (Å²) in [7, 11) is 2.12. The first-order valence-corrected chi connectivity index (χ1v) is 10.7. The van der Waals surface area contributed by atoms with Gasteiger partial charge in [0.25, 0.3) is 5.56 Å². The van der Waals surface area contributed by atoms with Crippen molar-refractivity contribution >= 4 is 10.9 Å². The molecule has 1 aliphatic heterocycles. The van der Waals surface area contributed by atoms with Gasteiger partial charge in [0.1, 0.15) is 12.4 Å². The average Bonchev–Trinajstić information content (AvgIpc) is 2.93. The zero-order chi connectivity index (χ0) is 21.4. The molecule has 0 radical (unpaired) electrons. The molecule has 4 heterocycles. The molecule has 6 heteroatoms. The molecule has 0 spiro atoms. The van der Waals surface area contributed by atoms with Crippen LogP contribution in [0.4, 0.5) is 0 Å². The third-order valence-corrected chi connectivity index (χ3v) is 6.04. The lowest BCUT2D eigenvalue weighted by molar-refractivity contribution is 0.300. The van der Waals surface area contributed by atoms with Gasteiger partial charge in [-0.1, -0.05) is 12.1 Å². The number of rotatable bonds is 4. The van der Waals surface area contributed by atoms with E-state index in [1.165, 1.54) is 28.2 Å². The van der Waals surface area contributed by atoms with E-state index < -0.39 is 0 Å². The Labute approximate surface area is 181 Å². The largest absolute Gasteiger partial charge is 0.487 e. The smallest absolute Gasteiger partial charge is 0.258 e. The monoisotopic (exact) mass is 414 g/mol. The van der Waals surface area contributed by atoms with Crippen molar-refractivity contribution in [3.63, 3.8) is 0 Å². The molecule has 3 aromatic heterocycles.